The number of carboxylic acids is 1. The van der Waals surface area contributed by atoms with Crippen molar-refractivity contribution in [3.8, 4) is 0 Å². The van der Waals surface area contributed by atoms with Crippen molar-refractivity contribution in [1.82, 2.24) is 9.88 Å². The molecule has 1 aromatic heterocycles. The summed E-state index contributed by atoms with van der Waals surface area (Å²) >= 11 is 0. The molecule has 6 heteroatoms. The van der Waals surface area contributed by atoms with Crippen molar-refractivity contribution in [1.29, 1.82) is 0 Å². The first-order chi connectivity index (χ1) is 11.8. The van der Waals surface area contributed by atoms with E-state index in [-0.39, 0.29) is 18.9 Å². The number of carbonyl (C=O) groups excluding carboxylic acids is 1. The van der Waals surface area contributed by atoms with Gasteiger partial charge >= 0.3 is 5.97 Å². The number of rotatable bonds is 7. The molecule has 1 amide bonds. The van der Waals surface area contributed by atoms with Gasteiger partial charge in [-0.1, -0.05) is 19.3 Å². The molecule has 0 aliphatic heterocycles. The van der Waals surface area contributed by atoms with Crippen LogP contribution in [0.1, 0.15) is 73.2 Å². The molecular formula is C19H30N2O4. The van der Waals surface area contributed by atoms with Crippen molar-refractivity contribution in [2.45, 2.75) is 70.9 Å². The topological polar surface area (TPSA) is 80.6 Å². The minimum Gasteiger partial charge on any atom is -0.481 e. The first-order valence-corrected chi connectivity index (χ1v) is 8.99. The van der Waals surface area contributed by atoms with Gasteiger partial charge in [0.1, 0.15) is 0 Å². The molecule has 2 N–H and O–H groups in total. The molecule has 0 radical (unpaired) electrons. The summed E-state index contributed by atoms with van der Waals surface area (Å²) in [5.41, 5.74) is 1.72. The molecule has 25 heavy (non-hydrogen) atoms. The van der Waals surface area contributed by atoms with Gasteiger partial charge in [-0.3, -0.25) is 9.59 Å². The van der Waals surface area contributed by atoms with Crippen molar-refractivity contribution >= 4 is 11.9 Å². The van der Waals surface area contributed by atoms with E-state index in [4.69, 9.17) is 9.84 Å². The highest BCUT2D eigenvalue weighted by Gasteiger charge is 2.31. The third-order valence-corrected chi connectivity index (χ3v) is 5.09. The molecule has 0 saturated heterocycles. The second-order valence-electron chi connectivity index (χ2n) is 7.46. The number of aryl methyl sites for hydroxylation is 1. The third kappa shape index (κ3) is 4.63. The maximum absolute atomic E-state index is 12.8. The number of carbonyl (C=O) groups is 2. The Kier molecular flexibility index (Phi) is 6.27. The van der Waals surface area contributed by atoms with Crippen molar-refractivity contribution in [2.75, 3.05) is 13.7 Å². The van der Waals surface area contributed by atoms with Crippen LogP contribution in [0.25, 0.3) is 0 Å². The lowest BCUT2D eigenvalue weighted by Gasteiger charge is -2.29. The monoisotopic (exact) mass is 350 g/mol. The van der Waals surface area contributed by atoms with Crippen LogP contribution in [0.3, 0.4) is 0 Å². The highest BCUT2D eigenvalue weighted by Crippen LogP contribution is 2.32. The predicted molar refractivity (Wildman–Crippen MR) is 96.0 cm³/mol. The van der Waals surface area contributed by atoms with Gasteiger partial charge < -0.3 is 19.7 Å². The lowest BCUT2D eigenvalue weighted by Crippen LogP contribution is -2.50. The van der Waals surface area contributed by atoms with Crippen LogP contribution >= 0.6 is 0 Å². The fourth-order valence-electron chi connectivity index (χ4n) is 4.03. The Hall–Kier alpha value is -1.82. The first kappa shape index (κ1) is 19.5. The zero-order valence-corrected chi connectivity index (χ0v) is 15.7. The van der Waals surface area contributed by atoms with Crippen LogP contribution < -0.4 is 5.32 Å². The SMILES string of the molecule is COCC(C)(CC(=O)O)NC(=O)c1cc(C)n(C2CCCCC2)c1C. The summed E-state index contributed by atoms with van der Waals surface area (Å²) in [7, 11) is 1.50. The Morgan fingerprint density at radius 1 is 1.32 bits per heavy atom. The van der Waals surface area contributed by atoms with E-state index < -0.39 is 11.5 Å². The molecule has 2 rings (SSSR count). The molecule has 0 aromatic carbocycles. The quantitative estimate of drug-likeness (QED) is 0.791. The standard InChI is InChI=1S/C19H30N2O4/c1-13-10-16(14(2)21(13)15-8-6-5-7-9-15)18(24)20-19(3,12-25-4)11-17(22)23/h10,15H,5-9,11-12H2,1-4H3,(H,20,24)(H,22,23). The summed E-state index contributed by atoms with van der Waals surface area (Å²) in [4.78, 5) is 23.9. The van der Waals surface area contributed by atoms with Crippen molar-refractivity contribution in [2.24, 2.45) is 0 Å². The molecule has 140 valence electrons. The molecule has 0 bridgehead atoms. The maximum Gasteiger partial charge on any atom is 0.305 e. The number of carboxylic acid groups (broad SMARTS) is 1. The molecule has 6 nitrogen and oxygen atoms in total. The Labute approximate surface area is 149 Å². The number of amides is 1. The minimum atomic E-state index is -0.965. The number of hydrogen-bond donors (Lipinski definition) is 2. The number of nitrogens with zero attached hydrogens (tertiary/aromatic N) is 1. The van der Waals surface area contributed by atoms with E-state index in [0.29, 0.717) is 11.6 Å². The van der Waals surface area contributed by atoms with Gasteiger partial charge in [0, 0.05) is 24.5 Å². The second-order valence-corrected chi connectivity index (χ2v) is 7.46. The second kappa shape index (κ2) is 8.04. The maximum atomic E-state index is 12.8. The predicted octanol–water partition coefficient (Wildman–Crippen LogP) is 3.22. The molecule has 1 saturated carbocycles. The average Bonchev–Trinajstić information content (AvgIpc) is 2.82. The number of aliphatic carboxylic acids is 1. The van der Waals surface area contributed by atoms with Gasteiger partial charge in [-0.25, -0.2) is 0 Å². The number of aromatic nitrogens is 1. The summed E-state index contributed by atoms with van der Waals surface area (Å²) in [5, 5.41) is 12.0. The van der Waals surface area contributed by atoms with E-state index in [1.54, 1.807) is 6.92 Å². The van der Waals surface area contributed by atoms with Crippen LogP contribution in [-0.2, 0) is 9.53 Å². The molecule has 1 atom stereocenters. The van der Waals surface area contributed by atoms with E-state index in [1.165, 1.54) is 26.4 Å². The summed E-state index contributed by atoms with van der Waals surface area (Å²) < 4.78 is 7.39. The highest BCUT2D eigenvalue weighted by atomic mass is 16.5. The molecule has 1 aliphatic rings. The molecule has 1 aliphatic carbocycles. The largest absolute Gasteiger partial charge is 0.481 e. The average molecular weight is 350 g/mol. The summed E-state index contributed by atoms with van der Waals surface area (Å²) in [6.45, 7) is 5.85. The first-order valence-electron chi connectivity index (χ1n) is 8.99. The molecule has 1 fully saturated rings. The fraction of sp³-hybridized carbons (Fsp3) is 0.684. The summed E-state index contributed by atoms with van der Waals surface area (Å²) in [6.07, 6.45) is 5.86. The Bertz CT molecular complexity index is 632. The van der Waals surface area contributed by atoms with E-state index in [2.05, 4.69) is 9.88 Å². The van der Waals surface area contributed by atoms with Crippen LogP contribution in [0.5, 0.6) is 0 Å². The molecule has 0 spiro atoms. The Morgan fingerprint density at radius 3 is 2.52 bits per heavy atom. The van der Waals surface area contributed by atoms with Gasteiger partial charge in [-0.2, -0.15) is 0 Å². The van der Waals surface area contributed by atoms with Gasteiger partial charge in [-0.05, 0) is 39.7 Å². The zero-order valence-electron chi connectivity index (χ0n) is 15.7. The highest BCUT2D eigenvalue weighted by molar-refractivity contribution is 5.96. The minimum absolute atomic E-state index is 0.145. The van der Waals surface area contributed by atoms with Crippen LogP contribution in [0.4, 0.5) is 0 Å². The number of hydrogen-bond acceptors (Lipinski definition) is 3. The lowest BCUT2D eigenvalue weighted by atomic mass is 9.95. The Morgan fingerprint density at radius 2 is 1.96 bits per heavy atom. The van der Waals surface area contributed by atoms with Gasteiger partial charge in [0.2, 0.25) is 0 Å². The lowest BCUT2D eigenvalue weighted by molar-refractivity contribution is -0.139. The third-order valence-electron chi connectivity index (χ3n) is 5.09. The fourth-order valence-corrected chi connectivity index (χ4v) is 4.03. The number of ether oxygens (including phenoxy) is 1. The van der Waals surface area contributed by atoms with E-state index in [1.807, 2.05) is 19.9 Å². The number of methoxy groups -OCH3 is 1. The molecular weight excluding hydrogens is 320 g/mol. The van der Waals surface area contributed by atoms with Crippen LogP contribution in [-0.4, -0.2) is 40.8 Å². The van der Waals surface area contributed by atoms with Gasteiger partial charge in [0.15, 0.2) is 0 Å². The van der Waals surface area contributed by atoms with Crippen LogP contribution in [0, 0.1) is 13.8 Å². The summed E-state index contributed by atoms with van der Waals surface area (Å²) in [6, 6.07) is 2.37. The molecule has 1 heterocycles. The summed E-state index contributed by atoms with van der Waals surface area (Å²) in [5.74, 6) is -1.21. The van der Waals surface area contributed by atoms with Gasteiger partial charge in [0.05, 0.1) is 24.1 Å². The smallest absolute Gasteiger partial charge is 0.305 e. The normalized spacial score (nSPS) is 17.9. The number of nitrogens with one attached hydrogen (secondary N) is 1. The van der Waals surface area contributed by atoms with E-state index in [0.717, 1.165) is 24.2 Å². The van der Waals surface area contributed by atoms with Crippen LogP contribution in [0.15, 0.2) is 6.07 Å². The van der Waals surface area contributed by atoms with E-state index in [9.17, 15) is 9.59 Å². The van der Waals surface area contributed by atoms with Gasteiger partial charge in [-0.15, -0.1) is 0 Å². The molecule has 1 unspecified atom stereocenters. The Balaban J connectivity index is 2.22. The van der Waals surface area contributed by atoms with Crippen molar-refractivity contribution in [3.05, 3.63) is 23.0 Å². The van der Waals surface area contributed by atoms with Crippen LogP contribution in [0.2, 0.25) is 0 Å². The molecule has 1 aromatic rings. The van der Waals surface area contributed by atoms with Crippen molar-refractivity contribution < 1.29 is 19.4 Å². The zero-order chi connectivity index (χ0) is 18.6. The van der Waals surface area contributed by atoms with Gasteiger partial charge in [0.25, 0.3) is 5.91 Å². The van der Waals surface area contributed by atoms with E-state index >= 15 is 0 Å². The van der Waals surface area contributed by atoms with Crippen molar-refractivity contribution in [3.63, 3.8) is 0 Å².